The molecule has 1 aliphatic rings. The molecule has 1 saturated heterocycles. The Kier molecular flexibility index (Phi) is 6.14. The summed E-state index contributed by atoms with van der Waals surface area (Å²) < 4.78 is 1.96. The van der Waals surface area contributed by atoms with Crippen molar-refractivity contribution >= 4 is 0 Å². The molecule has 3 heterocycles. The molecule has 0 spiro atoms. The summed E-state index contributed by atoms with van der Waals surface area (Å²) in [5, 5.41) is 8.47. The third-order valence-electron chi connectivity index (χ3n) is 5.54. The molecule has 0 aliphatic carbocycles. The second-order valence-corrected chi connectivity index (χ2v) is 7.73. The lowest BCUT2D eigenvalue weighted by Crippen LogP contribution is -2.37. The SMILES string of the molecule is CC1CCN(CCNCc2cn(-c3ccccc3)nc2-c2cccnc2)CC1. The highest BCUT2D eigenvalue weighted by Gasteiger charge is 2.15. The van der Waals surface area contributed by atoms with Gasteiger partial charge in [-0.3, -0.25) is 4.98 Å². The lowest BCUT2D eigenvalue weighted by atomic mass is 9.99. The van der Waals surface area contributed by atoms with Crippen LogP contribution in [0.15, 0.2) is 61.1 Å². The molecule has 3 aromatic rings. The molecule has 0 amide bonds. The zero-order valence-corrected chi connectivity index (χ0v) is 16.6. The monoisotopic (exact) mass is 375 g/mol. The minimum Gasteiger partial charge on any atom is -0.311 e. The van der Waals surface area contributed by atoms with E-state index < -0.39 is 0 Å². The minimum atomic E-state index is 0.807. The van der Waals surface area contributed by atoms with E-state index in [0.29, 0.717) is 0 Å². The number of para-hydroxylation sites is 1. The van der Waals surface area contributed by atoms with Crippen LogP contribution in [0.2, 0.25) is 0 Å². The predicted octanol–water partition coefficient (Wildman–Crippen LogP) is 3.76. The zero-order valence-electron chi connectivity index (χ0n) is 16.6. The van der Waals surface area contributed by atoms with Gasteiger partial charge in [-0.2, -0.15) is 5.10 Å². The summed E-state index contributed by atoms with van der Waals surface area (Å²) in [6, 6.07) is 14.3. The molecule has 146 valence electrons. The van der Waals surface area contributed by atoms with Crippen molar-refractivity contribution in [1.82, 2.24) is 25.0 Å². The second kappa shape index (κ2) is 9.13. The van der Waals surface area contributed by atoms with E-state index in [1.54, 1.807) is 6.20 Å². The summed E-state index contributed by atoms with van der Waals surface area (Å²) >= 11 is 0. The number of likely N-dealkylation sites (tertiary alicyclic amines) is 1. The summed E-state index contributed by atoms with van der Waals surface area (Å²) in [5.41, 5.74) is 4.32. The van der Waals surface area contributed by atoms with Crippen molar-refractivity contribution in [3.05, 3.63) is 66.6 Å². The maximum absolute atomic E-state index is 4.85. The summed E-state index contributed by atoms with van der Waals surface area (Å²) in [6.45, 7) is 7.74. The van der Waals surface area contributed by atoms with Gasteiger partial charge in [-0.25, -0.2) is 4.68 Å². The third kappa shape index (κ3) is 4.66. The highest BCUT2D eigenvalue weighted by molar-refractivity contribution is 5.62. The van der Waals surface area contributed by atoms with Gasteiger partial charge in [0.25, 0.3) is 0 Å². The van der Waals surface area contributed by atoms with E-state index >= 15 is 0 Å². The maximum atomic E-state index is 4.85. The van der Waals surface area contributed by atoms with Gasteiger partial charge in [-0.1, -0.05) is 25.1 Å². The molecule has 1 aromatic carbocycles. The molecule has 28 heavy (non-hydrogen) atoms. The summed E-state index contributed by atoms with van der Waals surface area (Å²) in [5.74, 6) is 0.884. The number of aromatic nitrogens is 3. The quantitative estimate of drug-likeness (QED) is 0.639. The van der Waals surface area contributed by atoms with Crippen LogP contribution in [-0.4, -0.2) is 45.8 Å². The van der Waals surface area contributed by atoms with Crippen LogP contribution in [0.3, 0.4) is 0 Å². The van der Waals surface area contributed by atoms with Gasteiger partial charge in [0.15, 0.2) is 0 Å². The molecular formula is C23H29N5. The number of nitrogens with zero attached hydrogens (tertiary/aromatic N) is 4. The fourth-order valence-corrected chi connectivity index (χ4v) is 3.74. The largest absolute Gasteiger partial charge is 0.311 e. The van der Waals surface area contributed by atoms with Crippen molar-refractivity contribution in [2.75, 3.05) is 26.2 Å². The van der Waals surface area contributed by atoms with E-state index in [0.717, 1.165) is 42.5 Å². The molecule has 1 fully saturated rings. The lowest BCUT2D eigenvalue weighted by molar-refractivity contribution is 0.193. The van der Waals surface area contributed by atoms with Gasteiger partial charge in [0.2, 0.25) is 0 Å². The number of benzene rings is 1. The zero-order chi connectivity index (χ0) is 19.2. The lowest BCUT2D eigenvalue weighted by Gasteiger charge is -2.30. The molecule has 0 radical (unpaired) electrons. The topological polar surface area (TPSA) is 46.0 Å². The maximum Gasteiger partial charge on any atom is 0.0988 e. The van der Waals surface area contributed by atoms with Gasteiger partial charge in [-0.05, 0) is 56.1 Å². The van der Waals surface area contributed by atoms with Crippen LogP contribution in [0, 0.1) is 5.92 Å². The molecule has 2 aromatic heterocycles. The Morgan fingerprint density at radius 1 is 1.07 bits per heavy atom. The highest BCUT2D eigenvalue weighted by Crippen LogP contribution is 2.23. The van der Waals surface area contributed by atoms with Crippen LogP contribution in [0.5, 0.6) is 0 Å². The average Bonchev–Trinajstić information content (AvgIpc) is 3.18. The first kappa shape index (κ1) is 18.8. The third-order valence-corrected chi connectivity index (χ3v) is 5.54. The Morgan fingerprint density at radius 3 is 2.64 bits per heavy atom. The molecular weight excluding hydrogens is 346 g/mol. The number of pyridine rings is 1. The number of piperidine rings is 1. The van der Waals surface area contributed by atoms with Gasteiger partial charge >= 0.3 is 0 Å². The van der Waals surface area contributed by atoms with E-state index in [4.69, 9.17) is 5.10 Å². The van der Waals surface area contributed by atoms with E-state index in [1.165, 1.54) is 31.5 Å². The smallest absolute Gasteiger partial charge is 0.0988 e. The normalized spacial score (nSPS) is 15.8. The van der Waals surface area contributed by atoms with E-state index in [9.17, 15) is 0 Å². The van der Waals surface area contributed by atoms with Gasteiger partial charge < -0.3 is 10.2 Å². The van der Waals surface area contributed by atoms with Crippen LogP contribution in [0.1, 0.15) is 25.3 Å². The van der Waals surface area contributed by atoms with Crippen LogP contribution < -0.4 is 5.32 Å². The van der Waals surface area contributed by atoms with Crippen molar-refractivity contribution in [3.63, 3.8) is 0 Å². The predicted molar refractivity (Wildman–Crippen MR) is 113 cm³/mol. The molecule has 0 saturated carbocycles. The van der Waals surface area contributed by atoms with E-state index in [1.807, 2.05) is 35.1 Å². The first-order valence-electron chi connectivity index (χ1n) is 10.3. The molecule has 4 rings (SSSR count). The first-order chi connectivity index (χ1) is 13.8. The standard InChI is InChI=1S/C23H29N5/c1-19-9-13-27(14-10-19)15-12-25-17-21-18-28(22-7-3-2-4-8-22)26-23(21)20-6-5-11-24-16-20/h2-8,11,16,18-19,25H,9-10,12-15,17H2,1H3. The van der Waals surface area contributed by atoms with Crippen LogP contribution in [0.4, 0.5) is 0 Å². The number of hydrogen-bond donors (Lipinski definition) is 1. The summed E-state index contributed by atoms with van der Waals surface area (Å²) in [7, 11) is 0. The fourth-order valence-electron chi connectivity index (χ4n) is 3.74. The number of nitrogens with one attached hydrogen (secondary N) is 1. The molecule has 0 atom stereocenters. The molecule has 1 aliphatic heterocycles. The highest BCUT2D eigenvalue weighted by atomic mass is 15.3. The van der Waals surface area contributed by atoms with Crippen molar-refractivity contribution in [2.24, 2.45) is 5.92 Å². The van der Waals surface area contributed by atoms with E-state index in [-0.39, 0.29) is 0 Å². The van der Waals surface area contributed by atoms with Gasteiger partial charge in [0.05, 0.1) is 11.4 Å². The van der Waals surface area contributed by atoms with Crippen molar-refractivity contribution < 1.29 is 0 Å². The minimum absolute atomic E-state index is 0.807. The van der Waals surface area contributed by atoms with Crippen LogP contribution >= 0.6 is 0 Å². The number of hydrogen-bond acceptors (Lipinski definition) is 4. The summed E-state index contributed by atoms with van der Waals surface area (Å²) in [4.78, 5) is 6.84. The van der Waals surface area contributed by atoms with Crippen LogP contribution in [0.25, 0.3) is 16.9 Å². The Labute approximate surface area is 167 Å². The molecule has 0 bridgehead atoms. The Hall–Kier alpha value is -2.50. The van der Waals surface area contributed by atoms with Crippen molar-refractivity contribution in [1.29, 1.82) is 0 Å². The van der Waals surface area contributed by atoms with Gasteiger partial charge in [0, 0.05) is 49.4 Å². The Balaban J connectivity index is 1.44. The number of rotatable bonds is 7. The molecule has 5 nitrogen and oxygen atoms in total. The first-order valence-corrected chi connectivity index (χ1v) is 10.3. The Bertz CT molecular complexity index is 851. The Morgan fingerprint density at radius 2 is 1.89 bits per heavy atom. The molecule has 0 unspecified atom stereocenters. The summed E-state index contributed by atoms with van der Waals surface area (Å²) in [6.07, 6.45) is 8.47. The fraction of sp³-hybridized carbons (Fsp3) is 0.391. The molecule has 5 heteroatoms. The van der Waals surface area contributed by atoms with E-state index in [2.05, 4.69) is 46.5 Å². The second-order valence-electron chi connectivity index (χ2n) is 7.73. The van der Waals surface area contributed by atoms with Crippen LogP contribution in [-0.2, 0) is 6.54 Å². The van der Waals surface area contributed by atoms with Gasteiger partial charge in [-0.15, -0.1) is 0 Å². The van der Waals surface area contributed by atoms with Crippen molar-refractivity contribution in [2.45, 2.75) is 26.3 Å². The van der Waals surface area contributed by atoms with Crippen molar-refractivity contribution in [3.8, 4) is 16.9 Å². The molecule has 1 N–H and O–H groups in total. The van der Waals surface area contributed by atoms with Gasteiger partial charge in [0.1, 0.15) is 0 Å². The average molecular weight is 376 g/mol.